The predicted octanol–water partition coefficient (Wildman–Crippen LogP) is -2.92. The van der Waals surface area contributed by atoms with Gasteiger partial charge in [0.25, 0.3) is 0 Å². The fourth-order valence-corrected chi connectivity index (χ4v) is 3.24. The van der Waals surface area contributed by atoms with Crippen LogP contribution in [0.4, 0.5) is 0 Å². The predicted molar refractivity (Wildman–Crippen MR) is 123 cm³/mol. The highest BCUT2D eigenvalue weighted by molar-refractivity contribution is 7.98. The van der Waals surface area contributed by atoms with Crippen LogP contribution >= 0.6 is 11.8 Å². The largest absolute Gasteiger partial charge is 0.481 e. The number of carboxylic acids is 2. The molecule has 0 spiro atoms. The SMILES string of the molecule is CSCCC(NC(=O)C(CCCCN)NC(=O)C(N)CC(=O)O)C(=O)NC(CC(N)=O)C(=O)O. The summed E-state index contributed by atoms with van der Waals surface area (Å²) in [6, 6.07) is -5.27. The minimum atomic E-state index is -1.58. The lowest BCUT2D eigenvalue weighted by Crippen LogP contribution is -2.57. The highest BCUT2D eigenvalue weighted by atomic mass is 32.2. The second-order valence-electron chi connectivity index (χ2n) is 7.46. The zero-order valence-electron chi connectivity index (χ0n) is 19.0. The number of carboxylic acid groups (broad SMARTS) is 2. The molecule has 0 saturated heterocycles. The Balaban J connectivity index is 5.49. The first-order chi connectivity index (χ1) is 15.9. The number of primary amides is 1. The highest BCUT2D eigenvalue weighted by Gasteiger charge is 2.30. The molecule has 0 saturated carbocycles. The zero-order chi connectivity index (χ0) is 26.3. The molecule has 14 nitrogen and oxygen atoms in total. The van der Waals surface area contributed by atoms with Crippen LogP contribution in [0.25, 0.3) is 0 Å². The van der Waals surface area contributed by atoms with E-state index in [9.17, 15) is 33.9 Å². The van der Waals surface area contributed by atoms with E-state index in [1.807, 2.05) is 0 Å². The summed E-state index contributed by atoms with van der Waals surface area (Å²) in [6.45, 7) is 0.343. The first kappa shape index (κ1) is 31.1. The molecule has 0 fully saturated rings. The molecule has 15 heteroatoms. The van der Waals surface area contributed by atoms with Gasteiger partial charge in [-0.1, -0.05) is 0 Å². The van der Waals surface area contributed by atoms with Gasteiger partial charge in [0.1, 0.15) is 18.1 Å². The fraction of sp³-hybridized carbons (Fsp3) is 0.684. The van der Waals surface area contributed by atoms with Crippen molar-refractivity contribution in [2.24, 2.45) is 17.2 Å². The molecule has 0 bridgehead atoms. The van der Waals surface area contributed by atoms with Gasteiger partial charge in [0.2, 0.25) is 23.6 Å². The summed E-state index contributed by atoms with van der Waals surface area (Å²) in [6.07, 6.45) is 1.76. The molecule has 0 rings (SSSR count). The van der Waals surface area contributed by atoms with E-state index in [2.05, 4.69) is 16.0 Å². The van der Waals surface area contributed by atoms with Crippen molar-refractivity contribution in [1.29, 1.82) is 0 Å². The number of hydrogen-bond donors (Lipinski definition) is 8. The van der Waals surface area contributed by atoms with Crippen molar-refractivity contribution in [3.05, 3.63) is 0 Å². The Labute approximate surface area is 201 Å². The molecule has 0 radical (unpaired) electrons. The topological polar surface area (TPSA) is 257 Å². The Kier molecular flexibility index (Phi) is 15.2. The second-order valence-corrected chi connectivity index (χ2v) is 8.45. The third kappa shape index (κ3) is 13.0. The van der Waals surface area contributed by atoms with Crippen LogP contribution in [-0.4, -0.2) is 88.5 Å². The normalized spacial score (nSPS) is 14.2. The number of carbonyl (C=O) groups is 6. The Bertz CT molecular complexity index is 738. The van der Waals surface area contributed by atoms with Crippen LogP contribution < -0.4 is 33.2 Å². The molecule has 34 heavy (non-hydrogen) atoms. The Morgan fingerprint density at radius 1 is 0.824 bits per heavy atom. The molecule has 0 aromatic heterocycles. The Hall–Kier alpha value is -2.91. The average molecular weight is 507 g/mol. The van der Waals surface area contributed by atoms with Crippen molar-refractivity contribution in [1.82, 2.24) is 16.0 Å². The third-order valence-electron chi connectivity index (χ3n) is 4.57. The van der Waals surface area contributed by atoms with Gasteiger partial charge in [0.15, 0.2) is 0 Å². The summed E-state index contributed by atoms with van der Waals surface area (Å²) >= 11 is 1.38. The maximum Gasteiger partial charge on any atom is 0.326 e. The summed E-state index contributed by atoms with van der Waals surface area (Å²) in [5, 5.41) is 25.1. The van der Waals surface area contributed by atoms with Crippen molar-refractivity contribution in [3.8, 4) is 0 Å². The van der Waals surface area contributed by atoms with Crippen molar-refractivity contribution >= 4 is 47.3 Å². The molecule has 4 amide bonds. The molecule has 0 aromatic rings. The van der Waals surface area contributed by atoms with E-state index < -0.39 is 72.6 Å². The highest BCUT2D eigenvalue weighted by Crippen LogP contribution is 2.07. The Morgan fingerprint density at radius 3 is 1.82 bits per heavy atom. The first-order valence-electron chi connectivity index (χ1n) is 10.5. The van der Waals surface area contributed by atoms with E-state index in [0.29, 0.717) is 25.1 Å². The van der Waals surface area contributed by atoms with E-state index in [0.717, 1.165) is 0 Å². The van der Waals surface area contributed by atoms with Crippen LogP contribution in [0.1, 0.15) is 38.5 Å². The van der Waals surface area contributed by atoms with Crippen LogP contribution in [0, 0.1) is 0 Å². The van der Waals surface area contributed by atoms with Crippen molar-refractivity contribution < 1.29 is 39.0 Å². The number of hydrogen-bond acceptors (Lipinski definition) is 9. The van der Waals surface area contributed by atoms with Gasteiger partial charge < -0.3 is 43.4 Å². The summed E-state index contributed by atoms with van der Waals surface area (Å²) in [5.74, 6) is -5.70. The zero-order valence-corrected chi connectivity index (χ0v) is 19.8. The van der Waals surface area contributed by atoms with E-state index in [1.165, 1.54) is 11.8 Å². The van der Waals surface area contributed by atoms with Crippen LogP contribution in [0.3, 0.4) is 0 Å². The number of rotatable bonds is 18. The monoisotopic (exact) mass is 506 g/mol. The van der Waals surface area contributed by atoms with Crippen LogP contribution in [0.15, 0.2) is 0 Å². The van der Waals surface area contributed by atoms with Gasteiger partial charge in [-0.2, -0.15) is 11.8 Å². The molecule has 0 heterocycles. The molecule has 0 aromatic carbocycles. The molecule has 194 valence electrons. The maximum absolute atomic E-state index is 12.9. The molecular weight excluding hydrogens is 472 g/mol. The second kappa shape index (κ2) is 16.7. The quantitative estimate of drug-likeness (QED) is 0.0873. The van der Waals surface area contributed by atoms with Gasteiger partial charge in [-0.15, -0.1) is 0 Å². The summed E-state index contributed by atoms with van der Waals surface area (Å²) < 4.78 is 0. The molecule has 11 N–H and O–H groups in total. The molecule has 4 atom stereocenters. The van der Waals surface area contributed by atoms with Gasteiger partial charge >= 0.3 is 11.9 Å². The van der Waals surface area contributed by atoms with E-state index in [1.54, 1.807) is 6.26 Å². The number of nitrogens with one attached hydrogen (secondary N) is 3. The number of unbranched alkanes of at least 4 members (excludes halogenated alkanes) is 1. The minimum Gasteiger partial charge on any atom is -0.481 e. The number of amides is 4. The fourth-order valence-electron chi connectivity index (χ4n) is 2.77. The Morgan fingerprint density at radius 2 is 1.35 bits per heavy atom. The van der Waals surface area contributed by atoms with Crippen molar-refractivity contribution in [2.45, 2.75) is 62.7 Å². The van der Waals surface area contributed by atoms with Gasteiger partial charge in [-0.25, -0.2) is 4.79 Å². The van der Waals surface area contributed by atoms with Crippen molar-refractivity contribution in [2.75, 3.05) is 18.6 Å². The van der Waals surface area contributed by atoms with Gasteiger partial charge in [-0.05, 0) is 44.2 Å². The standard InChI is InChI=1S/C19H34N6O8S/c1-34-7-5-12(18(31)25-13(19(32)33)9-14(22)26)24-17(30)11(4-2-3-6-20)23-16(29)10(21)8-15(27)28/h10-13H,2-9,20-21H2,1H3,(H2,22,26)(H,23,29)(H,24,30)(H,25,31)(H,27,28)(H,32,33). The minimum absolute atomic E-state index is 0.129. The summed E-state index contributed by atoms with van der Waals surface area (Å²) in [4.78, 5) is 71.0. The molecule has 0 aliphatic heterocycles. The first-order valence-corrected chi connectivity index (χ1v) is 11.9. The average Bonchev–Trinajstić information content (AvgIpc) is 2.74. The van der Waals surface area contributed by atoms with Gasteiger partial charge in [0, 0.05) is 0 Å². The van der Waals surface area contributed by atoms with Gasteiger partial charge in [-0.3, -0.25) is 24.0 Å². The smallest absolute Gasteiger partial charge is 0.326 e. The summed E-state index contributed by atoms with van der Waals surface area (Å²) in [5.41, 5.74) is 16.0. The molecule has 4 unspecified atom stereocenters. The van der Waals surface area contributed by atoms with Crippen LogP contribution in [0.5, 0.6) is 0 Å². The lowest BCUT2D eigenvalue weighted by molar-refractivity contribution is -0.143. The third-order valence-corrected chi connectivity index (χ3v) is 5.22. The van der Waals surface area contributed by atoms with Crippen LogP contribution in [-0.2, 0) is 28.8 Å². The maximum atomic E-state index is 12.9. The lowest BCUT2D eigenvalue weighted by Gasteiger charge is -2.25. The molecular formula is C19H34N6O8S. The van der Waals surface area contributed by atoms with E-state index in [-0.39, 0.29) is 12.8 Å². The number of aliphatic carboxylic acids is 2. The van der Waals surface area contributed by atoms with Gasteiger partial charge in [0.05, 0.1) is 18.9 Å². The molecule has 0 aliphatic rings. The lowest BCUT2D eigenvalue weighted by atomic mass is 10.1. The van der Waals surface area contributed by atoms with E-state index >= 15 is 0 Å². The number of nitrogens with two attached hydrogens (primary N) is 3. The molecule has 0 aliphatic carbocycles. The van der Waals surface area contributed by atoms with E-state index in [4.69, 9.17) is 22.3 Å². The van der Waals surface area contributed by atoms with Crippen LogP contribution in [0.2, 0.25) is 0 Å². The number of thioether (sulfide) groups is 1. The van der Waals surface area contributed by atoms with Crippen molar-refractivity contribution in [3.63, 3.8) is 0 Å². The number of carbonyl (C=O) groups excluding carboxylic acids is 4. The summed E-state index contributed by atoms with van der Waals surface area (Å²) in [7, 11) is 0.